The van der Waals surface area contributed by atoms with E-state index in [1.165, 1.54) is 18.2 Å². The number of carbonyl (C=O) groups is 1. The normalized spacial score (nSPS) is 22.0. The highest BCUT2D eigenvalue weighted by Crippen LogP contribution is 2.29. The van der Waals surface area contributed by atoms with Crippen LogP contribution in [0.1, 0.15) is 18.1 Å². The molecule has 0 amide bonds. The molecule has 0 aromatic heterocycles. The minimum absolute atomic E-state index is 0.107. The van der Waals surface area contributed by atoms with E-state index in [9.17, 15) is 9.90 Å². The maximum Gasteiger partial charge on any atom is 0.313 e. The Morgan fingerprint density at radius 2 is 2.17 bits per heavy atom. The number of fused-ring (bicyclic) bond motifs is 1. The minimum atomic E-state index is -0.901. The van der Waals surface area contributed by atoms with Crippen LogP contribution in [-0.2, 0) is 22.5 Å². The monoisotopic (exact) mass is 249 g/mol. The van der Waals surface area contributed by atoms with Crippen LogP contribution in [0.2, 0.25) is 0 Å². The van der Waals surface area contributed by atoms with E-state index < -0.39 is 11.4 Å². The van der Waals surface area contributed by atoms with Gasteiger partial charge < -0.3 is 15.2 Å². The number of hydrogen-bond donors (Lipinski definition) is 2. The van der Waals surface area contributed by atoms with E-state index in [-0.39, 0.29) is 12.6 Å². The lowest BCUT2D eigenvalue weighted by Crippen LogP contribution is -2.53. The Bertz CT molecular complexity index is 446. The molecule has 0 fully saturated rings. The molecule has 1 heterocycles. The number of ether oxygens (including phenoxy) is 1. The molecule has 1 aromatic rings. The molecule has 0 radical (unpaired) electrons. The van der Waals surface area contributed by atoms with Gasteiger partial charge in [-0.1, -0.05) is 24.3 Å². The number of methoxy groups -OCH3 is 1. The first-order valence-corrected chi connectivity index (χ1v) is 6.10. The minimum Gasteiger partial charge on any atom is -0.481 e. The zero-order valence-corrected chi connectivity index (χ0v) is 10.8. The maximum absolute atomic E-state index is 11.5. The Hall–Kier alpha value is -1.39. The van der Waals surface area contributed by atoms with E-state index in [1.54, 1.807) is 6.92 Å². The van der Waals surface area contributed by atoms with Crippen LogP contribution in [-0.4, -0.2) is 30.8 Å². The van der Waals surface area contributed by atoms with Crippen LogP contribution in [0.25, 0.3) is 0 Å². The maximum atomic E-state index is 11.5. The summed E-state index contributed by atoms with van der Waals surface area (Å²) in [6, 6.07) is 8.04. The fourth-order valence-corrected chi connectivity index (χ4v) is 2.52. The number of carboxylic acids is 1. The summed E-state index contributed by atoms with van der Waals surface area (Å²) in [5, 5.41) is 12.8. The third kappa shape index (κ3) is 2.26. The predicted molar refractivity (Wildman–Crippen MR) is 68.4 cm³/mol. The molecule has 1 aliphatic heterocycles. The van der Waals surface area contributed by atoms with Crippen molar-refractivity contribution in [2.45, 2.75) is 25.9 Å². The molecule has 0 saturated carbocycles. The van der Waals surface area contributed by atoms with E-state index >= 15 is 0 Å². The Kier molecular flexibility index (Phi) is 3.68. The average molecular weight is 249 g/mol. The summed E-state index contributed by atoms with van der Waals surface area (Å²) in [4.78, 5) is 11.5. The lowest BCUT2D eigenvalue weighted by Gasteiger charge is -2.37. The van der Waals surface area contributed by atoms with Crippen molar-refractivity contribution in [1.29, 1.82) is 0 Å². The largest absolute Gasteiger partial charge is 0.481 e. The van der Waals surface area contributed by atoms with Crippen molar-refractivity contribution in [3.05, 3.63) is 35.4 Å². The van der Waals surface area contributed by atoms with Crippen LogP contribution in [0.3, 0.4) is 0 Å². The number of rotatable bonds is 4. The highest BCUT2D eigenvalue weighted by molar-refractivity contribution is 5.75. The van der Waals surface area contributed by atoms with Gasteiger partial charge >= 0.3 is 5.97 Å². The second-order valence-electron chi connectivity index (χ2n) is 5.06. The van der Waals surface area contributed by atoms with E-state index in [2.05, 4.69) is 17.4 Å². The van der Waals surface area contributed by atoms with Gasteiger partial charge in [-0.15, -0.1) is 0 Å². The Morgan fingerprint density at radius 3 is 2.78 bits per heavy atom. The Morgan fingerprint density at radius 1 is 1.50 bits per heavy atom. The molecule has 4 heteroatoms. The summed E-state index contributed by atoms with van der Waals surface area (Å²) < 4.78 is 5.09. The fraction of sp³-hybridized carbons (Fsp3) is 0.500. The Labute approximate surface area is 107 Å². The average Bonchev–Trinajstić information content (AvgIpc) is 2.38. The molecule has 1 aromatic carbocycles. The molecular formula is C14H19NO3. The van der Waals surface area contributed by atoms with Crippen LogP contribution >= 0.6 is 0 Å². The van der Waals surface area contributed by atoms with Crippen LogP contribution < -0.4 is 5.32 Å². The summed E-state index contributed by atoms with van der Waals surface area (Å²) in [5.74, 6) is -0.818. The number of aliphatic carboxylic acids is 1. The number of nitrogens with one attached hydrogen (secondary N) is 1. The number of carboxylic acid groups (broad SMARTS) is 1. The first kappa shape index (κ1) is 13.1. The van der Waals surface area contributed by atoms with Crippen molar-refractivity contribution in [3.8, 4) is 0 Å². The molecule has 2 atom stereocenters. The second-order valence-corrected chi connectivity index (χ2v) is 5.06. The van der Waals surface area contributed by atoms with Gasteiger partial charge in [0.15, 0.2) is 0 Å². The van der Waals surface area contributed by atoms with E-state index in [0.29, 0.717) is 6.54 Å². The molecule has 2 N–H and O–H groups in total. The highest BCUT2D eigenvalue weighted by Gasteiger charge is 2.42. The standard InChI is InChI=1S/C14H19NO3/c1-14(9-18-2,13(16)17)12-7-10-5-3-4-6-11(10)8-15-12/h3-6,12,15H,7-9H2,1-2H3,(H,16,17). The van der Waals surface area contributed by atoms with Gasteiger partial charge in [0.1, 0.15) is 5.41 Å². The SMILES string of the molecule is COCC(C)(C(=O)O)C1Cc2ccccc2CN1. The van der Waals surface area contributed by atoms with E-state index in [1.807, 2.05) is 12.1 Å². The number of hydrogen-bond acceptors (Lipinski definition) is 3. The van der Waals surface area contributed by atoms with Gasteiger partial charge in [-0.25, -0.2) is 0 Å². The Balaban J connectivity index is 2.23. The van der Waals surface area contributed by atoms with Crippen LogP contribution in [0.4, 0.5) is 0 Å². The van der Waals surface area contributed by atoms with Gasteiger partial charge in [0.2, 0.25) is 0 Å². The highest BCUT2D eigenvalue weighted by atomic mass is 16.5. The molecule has 2 rings (SSSR count). The van der Waals surface area contributed by atoms with Gasteiger partial charge in [0, 0.05) is 19.7 Å². The smallest absolute Gasteiger partial charge is 0.313 e. The number of benzene rings is 1. The van der Waals surface area contributed by atoms with Crippen molar-refractivity contribution in [2.75, 3.05) is 13.7 Å². The fourth-order valence-electron chi connectivity index (χ4n) is 2.52. The van der Waals surface area contributed by atoms with Crippen molar-refractivity contribution in [1.82, 2.24) is 5.32 Å². The lowest BCUT2D eigenvalue weighted by atomic mass is 9.77. The van der Waals surface area contributed by atoms with Crippen molar-refractivity contribution >= 4 is 5.97 Å². The van der Waals surface area contributed by atoms with E-state index in [4.69, 9.17) is 4.74 Å². The predicted octanol–water partition coefficient (Wildman–Crippen LogP) is 1.44. The molecule has 18 heavy (non-hydrogen) atoms. The summed E-state index contributed by atoms with van der Waals surface area (Å²) in [5.41, 5.74) is 1.58. The van der Waals surface area contributed by atoms with E-state index in [0.717, 1.165) is 6.42 Å². The van der Waals surface area contributed by atoms with Gasteiger partial charge in [-0.05, 0) is 24.5 Å². The quantitative estimate of drug-likeness (QED) is 0.847. The zero-order chi connectivity index (χ0) is 13.2. The third-order valence-corrected chi connectivity index (χ3v) is 3.78. The molecule has 98 valence electrons. The van der Waals surface area contributed by atoms with Gasteiger partial charge in [0.05, 0.1) is 6.61 Å². The van der Waals surface area contributed by atoms with Gasteiger partial charge in [-0.3, -0.25) is 4.79 Å². The summed E-state index contributed by atoms with van der Waals surface area (Å²) in [6.07, 6.45) is 0.725. The van der Waals surface area contributed by atoms with Crippen molar-refractivity contribution in [2.24, 2.45) is 5.41 Å². The molecule has 1 aliphatic rings. The van der Waals surface area contributed by atoms with Crippen LogP contribution in [0, 0.1) is 5.41 Å². The first-order chi connectivity index (χ1) is 8.58. The second kappa shape index (κ2) is 5.08. The third-order valence-electron chi connectivity index (χ3n) is 3.78. The van der Waals surface area contributed by atoms with Crippen molar-refractivity contribution in [3.63, 3.8) is 0 Å². The lowest BCUT2D eigenvalue weighted by molar-refractivity contribution is -0.153. The molecule has 0 saturated heterocycles. The molecular weight excluding hydrogens is 230 g/mol. The summed E-state index contributed by atoms with van der Waals surface area (Å²) in [7, 11) is 1.54. The molecule has 0 spiro atoms. The summed E-state index contributed by atoms with van der Waals surface area (Å²) >= 11 is 0. The molecule has 4 nitrogen and oxygen atoms in total. The summed E-state index contributed by atoms with van der Waals surface area (Å²) in [6.45, 7) is 2.67. The molecule has 0 aliphatic carbocycles. The topological polar surface area (TPSA) is 58.6 Å². The molecule has 0 bridgehead atoms. The zero-order valence-electron chi connectivity index (χ0n) is 10.8. The van der Waals surface area contributed by atoms with Crippen LogP contribution in [0.15, 0.2) is 24.3 Å². The van der Waals surface area contributed by atoms with Crippen LogP contribution in [0.5, 0.6) is 0 Å². The van der Waals surface area contributed by atoms with Gasteiger partial charge in [0.25, 0.3) is 0 Å². The van der Waals surface area contributed by atoms with Crippen molar-refractivity contribution < 1.29 is 14.6 Å². The molecule has 2 unspecified atom stereocenters. The first-order valence-electron chi connectivity index (χ1n) is 6.10. The van der Waals surface area contributed by atoms with Gasteiger partial charge in [-0.2, -0.15) is 0 Å².